The van der Waals surface area contributed by atoms with Gasteiger partial charge >= 0.3 is 0 Å². The molecule has 1 heterocycles. The number of carbonyl (C=O) groups is 1. The summed E-state index contributed by atoms with van der Waals surface area (Å²) in [5, 5.41) is 3.59. The van der Waals surface area contributed by atoms with Crippen molar-refractivity contribution in [2.45, 2.75) is 13.3 Å². The fourth-order valence-electron chi connectivity index (χ4n) is 1.57. The summed E-state index contributed by atoms with van der Waals surface area (Å²) in [6, 6.07) is 3.96. The molecule has 0 atom stereocenters. The lowest BCUT2D eigenvalue weighted by Gasteiger charge is -2.02. The van der Waals surface area contributed by atoms with Crippen LogP contribution < -0.4 is 0 Å². The summed E-state index contributed by atoms with van der Waals surface area (Å²) < 4.78 is 1.00. The highest BCUT2D eigenvalue weighted by molar-refractivity contribution is 7.18. The molecular formula is C11H9ClOS. The van der Waals surface area contributed by atoms with Gasteiger partial charge < -0.3 is 0 Å². The number of carbonyl (C=O) groups excluding carboxylic acids is 1. The van der Waals surface area contributed by atoms with Crippen LogP contribution in [0.25, 0.3) is 10.1 Å². The molecule has 1 aromatic heterocycles. The third-order valence-corrected chi connectivity index (χ3v) is 3.79. The zero-order chi connectivity index (χ0) is 10.1. The van der Waals surface area contributed by atoms with Crippen LogP contribution in [0.2, 0.25) is 5.02 Å². The minimum Gasteiger partial charge on any atom is -0.298 e. The third kappa shape index (κ3) is 1.35. The minimum absolute atomic E-state index is 0.732. The predicted molar refractivity (Wildman–Crippen MR) is 61.6 cm³/mol. The van der Waals surface area contributed by atoms with E-state index in [-0.39, 0.29) is 0 Å². The molecule has 0 amide bonds. The monoisotopic (exact) mass is 224 g/mol. The van der Waals surface area contributed by atoms with Crippen LogP contribution in [0.5, 0.6) is 0 Å². The van der Waals surface area contributed by atoms with Gasteiger partial charge in [-0.2, -0.15) is 0 Å². The van der Waals surface area contributed by atoms with Crippen molar-refractivity contribution in [2.24, 2.45) is 0 Å². The van der Waals surface area contributed by atoms with E-state index < -0.39 is 0 Å². The number of benzene rings is 1. The number of aldehydes is 1. The average Bonchev–Trinajstić information content (AvgIpc) is 2.59. The molecule has 3 heteroatoms. The molecule has 0 fully saturated rings. The van der Waals surface area contributed by atoms with Gasteiger partial charge in [0.25, 0.3) is 0 Å². The molecule has 1 aromatic carbocycles. The number of thiophene rings is 1. The second-order valence-electron chi connectivity index (χ2n) is 3.07. The van der Waals surface area contributed by atoms with Gasteiger partial charge in [-0.05, 0) is 12.0 Å². The number of aryl methyl sites for hydroxylation is 1. The van der Waals surface area contributed by atoms with Gasteiger partial charge in [0, 0.05) is 21.0 Å². The van der Waals surface area contributed by atoms with Crippen molar-refractivity contribution in [3.63, 3.8) is 0 Å². The maximum Gasteiger partial charge on any atom is 0.151 e. The summed E-state index contributed by atoms with van der Waals surface area (Å²) in [5.74, 6) is 0. The van der Waals surface area contributed by atoms with Crippen molar-refractivity contribution in [1.29, 1.82) is 0 Å². The number of fused-ring (bicyclic) bond motifs is 1. The Labute approximate surface area is 91.3 Å². The first-order chi connectivity index (χ1) is 6.77. The predicted octanol–water partition coefficient (Wildman–Crippen LogP) is 3.93. The molecule has 0 bridgehead atoms. The van der Waals surface area contributed by atoms with Crippen molar-refractivity contribution in [2.75, 3.05) is 0 Å². The molecule has 0 saturated heterocycles. The summed E-state index contributed by atoms with van der Waals surface area (Å²) >= 11 is 7.52. The van der Waals surface area contributed by atoms with Gasteiger partial charge in [0.1, 0.15) is 0 Å². The van der Waals surface area contributed by atoms with Crippen molar-refractivity contribution in [3.05, 3.63) is 33.7 Å². The molecule has 0 radical (unpaired) electrons. The van der Waals surface area contributed by atoms with E-state index >= 15 is 0 Å². The van der Waals surface area contributed by atoms with Gasteiger partial charge in [-0.25, -0.2) is 0 Å². The minimum atomic E-state index is 0.732. The molecule has 14 heavy (non-hydrogen) atoms. The summed E-state index contributed by atoms with van der Waals surface area (Å²) in [7, 11) is 0. The standard InChI is InChI=1S/C11H9ClOS/c1-2-7-3-4-8-10(12)6-14-11(8)9(7)5-13/h3-6H,2H2,1H3. The largest absolute Gasteiger partial charge is 0.298 e. The molecule has 0 aliphatic rings. The van der Waals surface area contributed by atoms with Crippen LogP contribution >= 0.6 is 22.9 Å². The fraction of sp³-hybridized carbons (Fsp3) is 0.182. The molecule has 2 rings (SSSR count). The number of hydrogen-bond donors (Lipinski definition) is 0. The smallest absolute Gasteiger partial charge is 0.151 e. The van der Waals surface area contributed by atoms with E-state index in [2.05, 4.69) is 0 Å². The Morgan fingerprint density at radius 1 is 1.50 bits per heavy atom. The van der Waals surface area contributed by atoms with Gasteiger partial charge in [-0.15, -0.1) is 11.3 Å². The Morgan fingerprint density at radius 2 is 2.29 bits per heavy atom. The normalized spacial score (nSPS) is 10.7. The van der Waals surface area contributed by atoms with Crippen LogP contribution in [0.15, 0.2) is 17.5 Å². The van der Waals surface area contributed by atoms with Crippen LogP contribution in [-0.2, 0) is 6.42 Å². The number of halogens is 1. The van der Waals surface area contributed by atoms with Crippen LogP contribution in [0.3, 0.4) is 0 Å². The quantitative estimate of drug-likeness (QED) is 0.707. The van der Waals surface area contributed by atoms with Gasteiger partial charge in [-0.1, -0.05) is 30.7 Å². The molecule has 0 aliphatic carbocycles. The van der Waals surface area contributed by atoms with Crippen molar-refractivity contribution in [1.82, 2.24) is 0 Å². The molecular weight excluding hydrogens is 216 g/mol. The van der Waals surface area contributed by atoms with E-state index in [0.717, 1.165) is 38.9 Å². The lowest BCUT2D eigenvalue weighted by molar-refractivity contribution is 0.112. The lowest BCUT2D eigenvalue weighted by Crippen LogP contribution is -1.89. The van der Waals surface area contributed by atoms with E-state index in [1.54, 1.807) is 0 Å². The van der Waals surface area contributed by atoms with Gasteiger partial charge in [-0.3, -0.25) is 4.79 Å². The highest BCUT2D eigenvalue weighted by atomic mass is 35.5. The third-order valence-electron chi connectivity index (χ3n) is 2.32. The zero-order valence-corrected chi connectivity index (χ0v) is 9.28. The van der Waals surface area contributed by atoms with E-state index in [9.17, 15) is 4.79 Å². The fourth-order valence-corrected chi connectivity index (χ4v) is 2.87. The van der Waals surface area contributed by atoms with E-state index in [1.165, 1.54) is 11.3 Å². The number of rotatable bonds is 2. The Morgan fingerprint density at radius 3 is 2.93 bits per heavy atom. The second kappa shape index (κ2) is 3.71. The van der Waals surface area contributed by atoms with Crippen LogP contribution in [0.4, 0.5) is 0 Å². The Kier molecular flexibility index (Phi) is 2.57. The molecule has 0 N–H and O–H groups in total. The highest BCUT2D eigenvalue weighted by Crippen LogP contribution is 2.33. The first-order valence-corrected chi connectivity index (χ1v) is 5.67. The zero-order valence-electron chi connectivity index (χ0n) is 7.71. The average molecular weight is 225 g/mol. The molecule has 72 valence electrons. The lowest BCUT2D eigenvalue weighted by atomic mass is 10.0. The summed E-state index contributed by atoms with van der Waals surface area (Å²) in [6.07, 6.45) is 1.80. The van der Waals surface area contributed by atoms with E-state index in [4.69, 9.17) is 11.6 Å². The topological polar surface area (TPSA) is 17.1 Å². The Balaban J connectivity index is 2.84. The maximum atomic E-state index is 11.0. The van der Waals surface area contributed by atoms with Gasteiger partial charge in [0.05, 0.1) is 5.02 Å². The molecule has 2 aromatic rings. The van der Waals surface area contributed by atoms with Crippen molar-refractivity contribution < 1.29 is 4.79 Å². The Hall–Kier alpha value is -0.860. The summed E-state index contributed by atoms with van der Waals surface area (Å²) in [6.45, 7) is 2.05. The molecule has 0 aliphatic heterocycles. The maximum absolute atomic E-state index is 11.0. The van der Waals surface area contributed by atoms with Gasteiger partial charge in [0.2, 0.25) is 0 Å². The Bertz CT molecular complexity index is 487. The molecule has 0 spiro atoms. The van der Waals surface area contributed by atoms with Crippen LogP contribution in [0, 0.1) is 0 Å². The summed E-state index contributed by atoms with van der Waals surface area (Å²) in [5.41, 5.74) is 1.88. The van der Waals surface area contributed by atoms with E-state index in [1.807, 2.05) is 24.4 Å². The highest BCUT2D eigenvalue weighted by Gasteiger charge is 2.09. The second-order valence-corrected chi connectivity index (χ2v) is 4.36. The summed E-state index contributed by atoms with van der Waals surface area (Å²) in [4.78, 5) is 11.0. The molecule has 1 nitrogen and oxygen atoms in total. The molecule has 0 unspecified atom stereocenters. The number of hydrogen-bond acceptors (Lipinski definition) is 2. The van der Waals surface area contributed by atoms with Gasteiger partial charge in [0.15, 0.2) is 6.29 Å². The van der Waals surface area contributed by atoms with E-state index in [0.29, 0.717) is 0 Å². The van der Waals surface area contributed by atoms with Crippen LogP contribution in [-0.4, -0.2) is 6.29 Å². The first-order valence-electron chi connectivity index (χ1n) is 4.41. The first kappa shape index (κ1) is 9.69. The van der Waals surface area contributed by atoms with Crippen molar-refractivity contribution >= 4 is 39.3 Å². The molecule has 0 saturated carbocycles. The SMILES string of the molecule is CCc1ccc2c(Cl)csc2c1C=O. The van der Waals surface area contributed by atoms with Crippen LogP contribution in [0.1, 0.15) is 22.8 Å². The van der Waals surface area contributed by atoms with Crippen molar-refractivity contribution in [3.8, 4) is 0 Å².